The lowest BCUT2D eigenvalue weighted by molar-refractivity contribution is -0.143. The summed E-state index contributed by atoms with van der Waals surface area (Å²) >= 11 is 1.54. The summed E-state index contributed by atoms with van der Waals surface area (Å²) in [5, 5.41) is 18.9. The Morgan fingerprint density at radius 2 is 2.00 bits per heavy atom. The predicted octanol–water partition coefficient (Wildman–Crippen LogP) is 3.59. The maximum Gasteiger partial charge on any atom is 0.328 e. The number of rotatable bonds is 8. The average molecular weight is 410 g/mol. The number of carbonyl (C=O) groups is 1. The molecule has 1 aromatic rings. The minimum Gasteiger partial charge on any atom is -0.543 e. The lowest BCUT2D eigenvalue weighted by atomic mass is 9.86. The van der Waals surface area contributed by atoms with E-state index in [1.807, 2.05) is 12.3 Å². The lowest BCUT2D eigenvalue weighted by Crippen LogP contribution is -2.48. The Morgan fingerprint density at radius 1 is 1.41 bits per heavy atom. The molecule has 2 unspecified atom stereocenters. The highest BCUT2D eigenvalue weighted by Gasteiger charge is 2.43. The quantitative estimate of drug-likeness (QED) is 0.561. The first-order valence-corrected chi connectivity index (χ1v) is 13.1. The molecule has 0 bridgehead atoms. The van der Waals surface area contributed by atoms with Crippen LogP contribution in [0.15, 0.2) is 18.2 Å². The van der Waals surface area contributed by atoms with E-state index in [4.69, 9.17) is 21.2 Å². The number of carboxylic acid groups (broad SMARTS) is 1. The van der Waals surface area contributed by atoms with E-state index in [-0.39, 0.29) is 11.5 Å². The van der Waals surface area contributed by atoms with Crippen LogP contribution in [0.25, 0.3) is 0 Å². The number of nitrogens with zero attached hydrogens (tertiary/aromatic N) is 1. The first kappa shape index (κ1) is 23.5. The fraction of sp³-hybridized carbons (Fsp3) is 0.579. The standard InChI is InChI=1S/C19H31N3O3SSi/c1-18(2,3)27(5,6)25-16-11-13(15(21)12-20)7-8-14(16)19(22,17(23)24)9-10-26-4/h7-8,11,15H,9-10,21-22H2,1-6H3,(H,23,24). The third-order valence-electron chi connectivity index (χ3n) is 5.24. The topological polar surface area (TPSA) is 122 Å². The van der Waals surface area contributed by atoms with Gasteiger partial charge >= 0.3 is 5.97 Å². The van der Waals surface area contributed by atoms with E-state index in [0.717, 1.165) is 0 Å². The van der Waals surface area contributed by atoms with E-state index < -0.39 is 25.9 Å². The lowest BCUT2D eigenvalue weighted by Gasteiger charge is -2.38. The Bertz CT molecular complexity index is 728. The molecule has 8 heteroatoms. The van der Waals surface area contributed by atoms with Crippen molar-refractivity contribution in [3.8, 4) is 11.8 Å². The van der Waals surface area contributed by atoms with E-state index in [9.17, 15) is 9.90 Å². The molecule has 2 atom stereocenters. The molecule has 0 aliphatic heterocycles. The molecule has 0 aromatic heterocycles. The van der Waals surface area contributed by atoms with Gasteiger partial charge in [-0.15, -0.1) is 0 Å². The molecule has 150 valence electrons. The molecule has 5 N–H and O–H groups in total. The Hall–Kier alpha value is -1.53. The molecule has 27 heavy (non-hydrogen) atoms. The van der Waals surface area contributed by atoms with Crippen LogP contribution >= 0.6 is 11.8 Å². The van der Waals surface area contributed by atoms with Gasteiger partial charge < -0.3 is 21.0 Å². The zero-order valence-electron chi connectivity index (χ0n) is 17.0. The van der Waals surface area contributed by atoms with Gasteiger partial charge in [0.2, 0.25) is 8.32 Å². The Balaban J connectivity index is 3.59. The van der Waals surface area contributed by atoms with Crippen LogP contribution in [0.3, 0.4) is 0 Å². The second-order valence-electron chi connectivity index (χ2n) is 8.24. The minimum atomic E-state index is -2.27. The number of hydrogen-bond donors (Lipinski definition) is 3. The predicted molar refractivity (Wildman–Crippen MR) is 113 cm³/mol. The van der Waals surface area contributed by atoms with E-state index in [1.54, 1.807) is 18.2 Å². The van der Waals surface area contributed by atoms with Gasteiger partial charge in [-0.1, -0.05) is 32.9 Å². The molecule has 0 saturated carbocycles. The first-order chi connectivity index (χ1) is 12.3. The maximum atomic E-state index is 12.1. The van der Waals surface area contributed by atoms with Crippen molar-refractivity contribution in [2.24, 2.45) is 11.5 Å². The zero-order valence-corrected chi connectivity index (χ0v) is 18.8. The molecule has 0 aliphatic carbocycles. The van der Waals surface area contributed by atoms with Crippen molar-refractivity contribution in [1.29, 1.82) is 5.26 Å². The molecule has 0 saturated heterocycles. The number of nitrogens with two attached hydrogens (primary N) is 2. The van der Waals surface area contributed by atoms with Crippen molar-refractivity contribution >= 4 is 26.0 Å². The SMILES string of the molecule is CSCCC(N)(C(=O)O)c1ccc(C(N)C#N)cc1O[Si](C)(C)C(C)(C)C. The van der Waals surface area contributed by atoms with Gasteiger partial charge in [-0.05, 0) is 48.2 Å². The van der Waals surface area contributed by atoms with Crippen LogP contribution in [0.1, 0.15) is 44.4 Å². The molecule has 6 nitrogen and oxygen atoms in total. The van der Waals surface area contributed by atoms with Crippen molar-refractivity contribution in [1.82, 2.24) is 0 Å². The van der Waals surface area contributed by atoms with Gasteiger partial charge in [0.1, 0.15) is 17.3 Å². The minimum absolute atomic E-state index is 0.0859. The van der Waals surface area contributed by atoms with Gasteiger partial charge in [-0.2, -0.15) is 17.0 Å². The monoisotopic (exact) mass is 409 g/mol. The molecular weight excluding hydrogens is 378 g/mol. The van der Waals surface area contributed by atoms with Gasteiger partial charge in [0.25, 0.3) is 0 Å². The number of benzene rings is 1. The summed E-state index contributed by atoms with van der Waals surface area (Å²) in [6, 6.07) is 6.16. The summed E-state index contributed by atoms with van der Waals surface area (Å²) < 4.78 is 6.43. The molecule has 0 spiro atoms. The number of nitriles is 1. The summed E-state index contributed by atoms with van der Waals surface area (Å²) in [6.07, 6.45) is 2.17. The molecular formula is C19H31N3O3SSi. The smallest absolute Gasteiger partial charge is 0.328 e. The van der Waals surface area contributed by atoms with Crippen LogP contribution in [-0.2, 0) is 10.3 Å². The third kappa shape index (κ3) is 5.26. The first-order valence-electron chi connectivity index (χ1n) is 8.80. The average Bonchev–Trinajstić information content (AvgIpc) is 2.57. The van der Waals surface area contributed by atoms with E-state index >= 15 is 0 Å². The maximum absolute atomic E-state index is 12.1. The largest absolute Gasteiger partial charge is 0.543 e. The molecule has 0 amide bonds. The summed E-state index contributed by atoms with van der Waals surface area (Å²) in [4.78, 5) is 12.1. The van der Waals surface area contributed by atoms with Crippen LogP contribution in [0.2, 0.25) is 18.1 Å². The second-order valence-corrected chi connectivity index (χ2v) is 14.0. The van der Waals surface area contributed by atoms with Crippen molar-refractivity contribution in [2.75, 3.05) is 12.0 Å². The van der Waals surface area contributed by atoms with Crippen molar-refractivity contribution in [2.45, 2.75) is 56.9 Å². The van der Waals surface area contributed by atoms with Gasteiger partial charge in [0.15, 0.2) is 0 Å². The summed E-state index contributed by atoms with van der Waals surface area (Å²) in [7, 11) is -2.27. The highest BCUT2D eigenvalue weighted by atomic mass is 32.2. The van der Waals surface area contributed by atoms with Crippen LogP contribution in [0.5, 0.6) is 5.75 Å². The van der Waals surface area contributed by atoms with Crippen molar-refractivity contribution in [3.05, 3.63) is 29.3 Å². The molecule has 0 fully saturated rings. The second kappa shape index (κ2) is 8.65. The van der Waals surface area contributed by atoms with Gasteiger partial charge in [-0.3, -0.25) is 0 Å². The van der Waals surface area contributed by atoms with Crippen LogP contribution in [0, 0.1) is 11.3 Å². The number of aliphatic carboxylic acids is 1. The summed E-state index contributed by atoms with van der Waals surface area (Å²) in [5.74, 6) is -0.0910. The molecule has 1 aromatic carbocycles. The highest BCUT2D eigenvalue weighted by molar-refractivity contribution is 7.98. The van der Waals surface area contributed by atoms with Crippen LogP contribution < -0.4 is 15.9 Å². The van der Waals surface area contributed by atoms with Gasteiger partial charge in [0, 0.05) is 5.56 Å². The van der Waals surface area contributed by atoms with Crippen molar-refractivity contribution < 1.29 is 14.3 Å². The third-order valence-corrected chi connectivity index (χ3v) is 10.2. The number of carboxylic acids is 1. The van der Waals surface area contributed by atoms with E-state index in [1.165, 1.54) is 11.8 Å². The fourth-order valence-electron chi connectivity index (χ4n) is 2.31. The molecule has 0 heterocycles. The van der Waals surface area contributed by atoms with Gasteiger partial charge in [-0.25, -0.2) is 4.79 Å². The zero-order chi connectivity index (χ0) is 21.0. The number of hydrogen-bond acceptors (Lipinski definition) is 6. The van der Waals surface area contributed by atoms with E-state index in [0.29, 0.717) is 22.6 Å². The normalized spacial score (nSPS) is 15.5. The Labute approximate surface area is 167 Å². The van der Waals surface area contributed by atoms with E-state index in [2.05, 4.69) is 33.9 Å². The fourth-order valence-corrected chi connectivity index (χ4v) is 3.86. The Kier molecular flexibility index (Phi) is 7.53. The highest BCUT2D eigenvalue weighted by Crippen LogP contribution is 2.41. The van der Waals surface area contributed by atoms with Crippen LogP contribution in [-0.4, -0.2) is 31.4 Å². The Morgan fingerprint density at radius 3 is 2.44 bits per heavy atom. The van der Waals surface area contributed by atoms with Crippen molar-refractivity contribution in [3.63, 3.8) is 0 Å². The van der Waals surface area contributed by atoms with Crippen LogP contribution in [0.4, 0.5) is 0 Å². The summed E-state index contributed by atoms with van der Waals surface area (Å²) in [6.45, 7) is 10.5. The molecule has 0 aliphatic rings. The van der Waals surface area contributed by atoms with Gasteiger partial charge in [0.05, 0.1) is 6.07 Å². The summed E-state index contributed by atoms with van der Waals surface area (Å²) in [5.41, 5.74) is 11.6. The molecule has 0 radical (unpaired) electrons. The number of thioether (sulfide) groups is 1. The molecule has 1 rings (SSSR count).